The predicted molar refractivity (Wildman–Crippen MR) is 87.5 cm³/mol. The molecule has 0 bridgehead atoms. The molecule has 2 aliphatic rings. The minimum atomic E-state index is -3.20. The number of piperidine rings is 1. The quantitative estimate of drug-likeness (QED) is 0.821. The first kappa shape index (κ1) is 16.7. The Balaban J connectivity index is 1.84. The molecule has 1 aromatic carbocycles. The summed E-state index contributed by atoms with van der Waals surface area (Å²) in [6.07, 6.45) is 3.01. The highest BCUT2D eigenvalue weighted by Crippen LogP contribution is 2.35. The summed E-state index contributed by atoms with van der Waals surface area (Å²) in [5.41, 5.74) is 0.593. The van der Waals surface area contributed by atoms with Crippen molar-refractivity contribution in [3.05, 3.63) is 30.1 Å². The van der Waals surface area contributed by atoms with Crippen LogP contribution in [-0.2, 0) is 14.8 Å². The van der Waals surface area contributed by atoms with Gasteiger partial charge in [0, 0.05) is 37.3 Å². The van der Waals surface area contributed by atoms with Crippen LogP contribution in [0.2, 0.25) is 0 Å². The number of benzene rings is 1. The number of rotatable bonds is 2. The highest BCUT2D eigenvalue weighted by atomic mass is 32.2. The van der Waals surface area contributed by atoms with E-state index in [9.17, 15) is 12.8 Å². The van der Waals surface area contributed by atoms with Crippen molar-refractivity contribution in [2.24, 2.45) is 5.41 Å². The lowest BCUT2D eigenvalue weighted by molar-refractivity contribution is 0.0352. The van der Waals surface area contributed by atoms with Crippen molar-refractivity contribution in [1.29, 1.82) is 0 Å². The Bertz CT molecular complexity index is 667. The van der Waals surface area contributed by atoms with E-state index >= 15 is 0 Å². The average Bonchev–Trinajstić information content (AvgIpc) is 2.69. The van der Waals surface area contributed by atoms with Gasteiger partial charge in [-0.15, -0.1) is 0 Å². The van der Waals surface area contributed by atoms with Crippen LogP contribution in [0.3, 0.4) is 0 Å². The van der Waals surface area contributed by atoms with Gasteiger partial charge in [0.1, 0.15) is 5.82 Å². The van der Waals surface area contributed by atoms with Crippen LogP contribution in [0.15, 0.2) is 24.3 Å². The van der Waals surface area contributed by atoms with Gasteiger partial charge in [0.15, 0.2) is 0 Å². The first-order chi connectivity index (χ1) is 10.9. The smallest absolute Gasteiger partial charge is 0.211 e. The molecule has 2 heterocycles. The topological polar surface area (TPSA) is 49.9 Å². The number of hydrogen-bond donors (Lipinski definition) is 0. The molecule has 128 valence electrons. The number of halogens is 1. The van der Waals surface area contributed by atoms with E-state index in [4.69, 9.17) is 4.74 Å². The summed E-state index contributed by atoms with van der Waals surface area (Å²) < 4.78 is 44.7. The molecule has 1 spiro atoms. The van der Waals surface area contributed by atoms with Crippen LogP contribution in [0.5, 0.6) is 0 Å². The molecule has 0 aromatic heterocycles. The molecule has 0 radical (unpaired) electrons. The third-order valence-electron chi connectivity index (χ3n) is 4.71. The van der Waals surface area contributed by atoms with E-state index < -0.39 is 10.0 Å². The molecule has 5 nitrogen and oxygen atoms in total. The Morgan fingerprint density at radius 1 is 1.26 bits per heavy atom. The summed E-state index contributed by atoms with van der Waals surface area (Å²) in [5, 5.41) is 0. The van der Waals surface area contributed by atoms with Gasteiger partial charge in [0.2, 0.25) is 10.0 Å². The lowest BCUT2D eigenvalue weighted by Gasteiger charge is -2.43. The SMILES string of the molecule is CS(=O)(=O)N1CCCC2(COCCN(c3cccc(F)c3)C2)C1. The Hall–Kier alpha value is -1.18. The zero-order valence-electron chi connectivity index (χ0n) is 13.4. The van der Waals surface area contributed by atoms with Gasteiger partial charge in [-0.05, 0) is 31.0 Å². The van der Waals surface area contributed by atoms with Crippen LogP contribution in [-0.4, -0.2) is 58.4 Å². The number of sulfonamides is 1. The summed E-state index contributed by atoms with van der Waals surface area (Å²) in [6.45, 7) is 3.52. The van der Waals surface area contributed by atoms with Crippen LogP contribution in [0.4, 0.5) is 10.1 Å². The molecule has 1 unspecified atom stereocenters. The molecule has 0 saturated carbocycles. The first-order valence-corrected chi connectivity index (χ1v) is 9.76. The lowest BCUT2D eigenvalue weighted by atomic mass is 9.81. The van der Waals surface area contributed by atoms with Crippen LogP contribution in [0.1, 0.15) is 12.8 Å². The Labute approximate surface area is 137 Å². The second-order valence-corrected chi connectivity index (χ2v) is 8.64. The highest BCUT2D eigenvalue weighted by Gasteiger charge is 2.41. The maximum atomic E-state index is 13.5. The van der Waals surface area contributed by atoms with Gasteiger partial charge in [-0.2, -0.15) is 0 Å². The fourth-order valence-corrected chi connectivity index (χ4v) is 4.55. The summed E-state index contributed by atoms with van der Waals surface area (Å²) in [7, 11) is -3.20. The van der Waals surface area contributed by atoms with E-state index in [1.165, 1.54) is 18.4 Å². The molecule has 0 aliphatic carbocycles. The third-order valence-corrected chi connectivity index (χ3v) is 5.96. The van der Waals surface area contributed by atoms with Gasteiger partial charge in [0.05, 0.1) is 19.5 Å². The fraction of sp³-hybridized carbons (Fsp3) is 0.625. The van der Waals surface area contributed by atoms with Crippen molar-refractivity contribution >= 4 is 15.7 Å². The molecular formula is C16H23FN2O3S. The Morgan fingerprint density at radius 3 is 2.83 bits per heavy atom. The fourth-order valence-electron chi connectivity index (χ4n) is 3.58. The minimum Gasteiger partial charge on any atom is -0.379 e. The zero-order chi connectivity index (χ0) is 16.5. The highest BCUT2D eigenvalue weighted by molar-refractivity contribution is 7.88. The maximum Gasteiger partial charge on any atom is 0.211 e. The second kappa shape index (κ2) is 6.37. The minimum absolute atomic E-state index is 0.232. The van der Waals surface area contributed by atoms with E-state index in [2.05, 4.69) is 4.90 Å². The molecule has 7 heteroatoms. The van der Waals surface area contributed by atoms with Crippen LogP contribution in [0.25, 0.3) is 0 Å². The monoisotopic (exact) mass is 342 g/mol. The summed E-state index contributed by atoms with van der Waals surface area (Å²) in [5.74, 6) is -0.261. The van der Waals surface area contributed by atoms with Gasteiger partial charge < -0.3 is 9.64 Å². The number of ether oxygens (including phenoxy) is 1. The van der Waals surface area contributed by atoms with Gasteiger partial charge in [-0.25, -0.2) is 17.1 Å². The molecule has 2 saturated heterocycles. The van der Waals surface area contributed by atoms with Crippen molar-refractivity contribution < 1.29 is 17.5 Å². The molecule has 2 aliphatic heterocycles. The molecule has 3 rings (SSSR count). The average molecular weight is 342 g/mol. The van der Waals surface area contributed by atoms with E-state index in [0.717, 1.165) is 18.5 Å². The molecule has 2 fully saturated rings. The number of anilines is 1. The standard InChI is InChI=1S/C16H23FN2O3S/c1-23(20,21)19-7-3-6-16(12-19)11-18(8-9-22-13-16)15-5-2-4-14(17)10-15/h2,4-5,10H,3,6-9,11-13H2,1H3. The normalized spacial score (nSPS) is 27.1. The van der Waals surface area contributed by atoms with Crippen molar-refractivity contribution in [2.75, 3.05) is 50.5 Å². The van der Waals surface area contributed by atoms with Crippen molar-refractivity contribution in [1.82, 2.24) is 4.31 Å². The number of nitrogens with zero attached hydrogens (tertiary/aromatic N) is 2. The van der Waals surface area contributed by atoms with E-state index in [0.29, 0.717) is 39.4 Å². The Morgan fingerprint density at radius 2 is 2.09 bits per heavy atom. The zero-order valence-corrected chi connectivity index (χ0v) is 14.2. The third kappa shape index (κ3) is 3.84. The van der Waals surface area contributed by atoms with Crippen LogP contribution in [0, 0.1) is 11.2 Å². The van der Waals surface area contributed by atoms with E-state index in [1.807, 2.05) is 6.07 Å². The predicted octanol–water partition coefficient (Wildman–Crippen LogP) is 1.70. The van der Waals surface area contributed by atoms with Crippen LogP contribution < -0.4 is 4.90 Å². The first-order valence-electron chi connectivity index (χ1n) is 7.91. The van der Waals surface area contributed by atoms with Gasteiger partial charge in [-0.1, -0.05) is 6.07 Å². The molecule has 23 heavy (non-hydrogen) atoms. The largest absolute Gasteiger partial charge is 0.379 e. The van der Waals surface area contributed by atoms with Gasteiger partial charge >= 0.3 is 0 Å². The van der Waals surface area contributed by atoms with Crippen molar-refractivity contribution in [2.45, 2.75) is 12.8 Å². The van der Waals surface area contributed by atoms with Crippen LogP contribution >= 0.6 is 0 Å². The molecule has 1 aromatic rings. The molecule has 0 N–H and O–H groups in total. The maximum absolute atomic E-state index is 13.5. The summed E-state index contributed by atoms with van der Waals surface area (Å²) in [4.78, 5) is 2.11. The molecule has 1 atom stereocenters. The van der Waals surface area contributed by atoms with Crippen molar-refractivity contribution in [3.63, 3.8) is 0 Å². The lowest BCUT2D eigenvalue weighted by Crippen LogP contribution is -2.52. The number of hydrogen-bond acceptors (Lipinski definition) is 4. The Kier molecular flexibility index (Phi) is 4.62. The van der Waals surface area contributed by atoms with E-state index in [1.54, 1.807) is 10.4 Å². The molecular weight excluding hydrogens is 319 g/mol. The molecule has 0 amide bonds. The summed E-state index contributed by atoms with van der Waals surface area (Å²) in [6, 6.07) is 6.54. The van der Waals surface area contributed by atoms with Gasteiger partial charge in [-0.3, -0.25) is 0 Å². The van der Waals surface area contributed by atoms with Crippen molar-refractivity contribution in [3.8, 4) is 0 Å². The second-order valence-electron chi connectivity index (χ2n) is 6.65. The van der Waals surface area contributed by atoms with Gasteiger partial charge in [0.25, 0.3) is 0 Å². The summed E-state index contributed by atoms with van der Waals surface area (Å²) >= 11 is 0. The van der Waals surface area contributed by atoms with E-state index in [-0.39, 0.29) is 11.2 Å².